The maximum Gasteiger partial charge on any atom is 0.329 e. The van der Waals surface area contributed by atoms with Crippen molar-refractivity contribution in [2.45, 2.75) is 20.8 Å². The van der Waals surface area contributed by atoms with E-state index in [-0.39, 0.29) is 5.82 Å². The summed E-state index contributed by atoms with van der Waals surface area (Å²) in [4.78, 5) is 28.4. The number of nitrogens with one attached hydrogen (secondary N) is 2. The minimum absolute atomic E-state index is 0.333. The molecule has 0 aromatic heterocycles. The summed E-state index contributed by atoms with van der Waals surface area (Å²) in [6.45, 7) is 10.1. The highest BCUT2D eigenvalue weighted by Gasteiger charge is 2.19. The number of halogens is 1. The van der Waals surface area contributed by atoms with Crippen LogP contribution in [0.4, 0.5) is 15.8 Å². The molecule has 1 fully saturated rings. The molecule has 0 unspecified atom stereocenters. The first-order valence-corrected chi connectivity index (χ1v) is 10.4. The Morgan fingerprint density at radius 1 is 1.03 bits per heavy atom. The molecule has 0 spiro atoms. The lowest BCUT2D eigenvalue weighted by Crippen LogP contribution is -2.46. The highest BCUT2D eigenvalue weighted by atomic mass is 19.1. The van der Waals surface area contributed by atoms with Gasteiger partial charge in [0.05, 0.1) is 11.4 Å². The SMILES string of the molecule is CCN1CCN(c2ccc(/C(C)=N\NC(=O)C(=O)Nc3ccc(C)cc3)cc2F)CC1. The standard InChI is InChI=1S/C23H28FN5O2/c1-4-28-11-13-29(14-12-28)21-10-7-18(15-20(21)24)17(3)26-27-23(31)22(30)25-19-8-5-16(2)6-9-19/h5-10,15H,4,11-14H2,1-3H3,(H,25,30)(H,27,31)/b26-17-. The van der Waals surface area contributed by atoms with Crippen LogP contribution >= 0.6 is 0 Å². The molecule has 31 heavy (non-hydrogen) atoms. The number of hydrazone groups is 1. The van der Waals surface area contributed by atoms with Crippen molar-refractivity contribution in [1.82, 2.24) is 10.3 Å². The number of hydrogen-bond acceptors (Lipinski definition) is 5. The van der Waals surface area contributed by atoms with Crippen molar-refractivity contribution >= 4 is 28.9 Å². The van der Waals surface area contributed by atoms with Gasteiger partial charge >= 0.3 is 11.8 Å². The molecule has 8 heteroatoms. The van der Waals surface area contributed by atoms with Crippen molar-refractivity contribution in [3.05, 3.63) is 59.4 Å². The van der Waals surface area contributed by atoms with Gasteiger partial charge in [0.2, 0.25) is 0 Å². The zero-order chi connectivity index (χ0) is 22.4. The molecule has 2 aromatic carbocycles. The van der Waals surface area contributed by atoms with E-state index in [1.54, 1.807) is 31.2 Å². The topological polar surface area (TPSA) is 77.0 Å². The Morgan fingerprint density at radius 2 is 1.71 bits per heavy atom. The third-order valence-corrected chi connectivity index (χ3v) is 5.37. The van der Waals surface area contributed by atoms with Crippen LogP contribution in [0.25, 0.3) is 0 Å². The lowest BCUT2D eigenvalue weighted by Gasteiger charge is -2.35. The molecule has 2 amide bonds. The Morgan fingerprint density at radius 3 is 2.32 bits per heavy atom. The highest BCUT2D eigenvalue weighted by Crippen LogP contribution is 2.22. The summed E-state index contributed by atoms with van der Waals surface area (Å²) in [6, 6.07) is 12.0. The first-order chi connectivity index (χ1) is 14.9. The molecule has 0 saturated carbocycles. The van der Waals surface area contributed by atoms with Gasteiger partial charge in [-0.1, -0.05) is 30.7 Å². The molecular weight excluding hydrogens is 397 g/mol. The lowest BCUT2D eigenvalue weighted by atomic mass is 10.1. The van der Waals surface area contributed by atoms with Gasteiger partial charge in [0.15, 0.2) is 0 Å². The van der Waals surface area contributed by atoms with E-state index in [0.29, 0.717) is 22.6 Å². The number of carbonyl (C=O) groups is 2. The van der Waals surface area contributed by atoms with Crippen molar-refractivity contribution in [3.63, 3.8) is 0 Å². The fraction of sp³-hybridized carbons (Fsp3) is 0.348. The van der Waals surface area contributed by atoms with Gasteiger partial charge in [0.25, 0.3) is 0 Å². The molecule has 3 rings (SSSR count). The van der Waals surface area contributed by atoms with Crippen molar-refractivity contribution < 1.29 is 14.0 Å². The normalized spacial score (nSPS) is 15.0. The molecule has 0 bridgehead atoms. The molecule has 0 atom stereocenters. The molecule has 1 aliphatic heterocycles. The predicted molar refractivity (Wildman–Crippen MR) is 121 cm³/mol. The van der Waals surface area contributed by atoms with E-state index in [4.69, 9.17) is 0 Å². The van der Waals surface area contributed by atoms with E-state index in [0.717, 1.165) is 38.3 Å². The smallest absolute Gasteiger partial charge is 0.329 e. The Kier molecular flexibility index (Phi) is 7.36. The van der Waals surface area contributed by atoms with E-state index >= 15 is 0 Å². The monoisotopic (exact) mass is 425 g/mol. The van der Waals surface area contributed by atoms with Gasteiger partial charge in [0.1, 0.15) is 5.82 Å². The van der Waals surface area contributed by atoms with Crippen LogP contribution in [0.5, 0.6) is 0 Å². The van der Waals surface area contributed by atoms with Gasteiger partial charge in [-0.05, 0) is 44.7 Å². The maximum atomic E-state index is 14.7. The second-order valence-electron chi connectivity index (χ2n) is 7.55. The molecule has 164 valence electrons. The Labute approximate surface area is 181 Å². The van der Waals surface area contributed by atoms with Gasteiger partial charge in [-0.2, -0.15) is 5.10 Å². The zero-order valence-electron chi connectivity index (χ0n) is 18.1. The van der Waals surface area contributed by atoms with Crippen LogP contribution in [0, 0.1) is 12.7 Å². The van der Waals surface area contributed by atoms with Crippen LogP contribution in [0.15, 0.2) is 47.6 Å². The molecule has 1 saturated heterocycles. The van der Waals surface area contributed by atoms with E-state index in [1.807, 2.05) is 24.0 Å². The number of carbonyl (C=O) groups excluding carboxylic acids is 2. The van der Waals surface area contributed by atoms with Gasteiger partial charge in [-0.15, -0.1) is 0 Å². The van der Waals surface area contributed by atoms with E-state index in [9.17, 15) is 14.0 Å². The Hall–Kier alpha value is -3.26. The molecule has 1 aliphatic rings. The summed E-state index contributed by atoms with van der Waals surface area (Å²) in [6.07, 6.45) is 0. The number of amides is 2. The maximum absolute atomic E-state index is 14.7. The minimum atomic E-state index is -0.897. The summed E-state index contributed by atoms with van der Waals surface area (Å²) < 4.78 is 14.7. The van der Waals surface area contributed by atoms with E-state index in [2.05, 4.69) is 27.7 Å². The largest absolute Gasteiger partial charge is 0.367 e. The Balaban J connectivity index is 1.59. The number of likely N-dealkylation sites (N-methyl/N-ethyl adjacent to an activating group) is 1. The summed E-state index contributed by atoms with van der Waals surface area (Å²) in [5.74, 6) is -2.06. The van der Waals surface area contributed by atoms with Gasteiger partial charge < -0.3 is 15.1 Å². The number of anilines is 2. The van der Waals surface area contributed by atoms with Crippen LogP contribution in [0.2, 0.25) is 0 Å². The summed E-state index contributed by atoms with van der Waals surface area (Å²) >= 11 is 0. The molecule has 0 radical (unpaired) electrons. The quantitative estimate of drug-likeness (QED) is 0.439. The number of benzene rings is 2. The first-order valence-electron chi connectivity index (χ1n) is 10.4. The number of piperazine rings is 1. The van der Waals surface area contributed by atoms with Crippen molar-refractivity contribution in [1.29, 1.82) is 0 Å². The van der Waals surface area contributed by atoms with Crippen molar-refractivity contribution in [3.8, 4) is 0 Å². The van der Waals surface area contributed by atoms with Crippen LogP contribution in [0.3, 0.4) is 0 Å². The first kappa shape index (κ1) is 22.4. The minimum Gasteiger partial charge on any atom is -0.367 e. The fourth-order valence-corrected chi connectivity index (χ4v) is 3.37. The average molecular weight is 426 g/mol. The predicted octanol–water partition coefficient (Wildman–Crippen LogP) is 2.75. The molecule has 0 aliphatic carbocycles. The second kappa shape index (κ2) is 10.2. The Bertz CT molecular complexity index is 966. The van der Waals surface area contributed by atoms with Crippen molar-refractivity contribution in [2.24, 2.45) is 5.10 Å². The van der Waals surface area contributed by atoms with Crippen LogP contribution in [0.1, 0.15) is 25.0 Å². The lowest BCUT2D eigenvalue weighted by molar-refractivity contribution is -0.136. The summed E-state index contributed by atoms with van der Waals surface area (Å²) in [7, 11) is 0. The summed E-state index contributed by atoms with van der Waals surface area (Å²) in [5, 5.41) is 6.45. The highest BCUT2D eigenvalue weighted by molar-refractivity contribution is 6.39. The van der Waals surface area contributed by atoms with Crippen LogP contribution in [-0.2, 0) is 9.59 Å². The second-order valence-corrected chi connectivity index (χ2v) is 7.55. The van der Waals surface area contributed by atoms with Gasteiger partial charge in [0, 0.05) is 37.4 Å². The zero-order valence-corrected chi connectivity index (χ0v) is 18.1. The van der Waals surface area contributed by atoms with Gasteiger partial charge in [-0.3, -0.25) is 9.59 Å². The number of hydrogen-bond donors (Lipinski definition) is 2. The number of nitrogens with zero attached hydrogens (tertiary/aromatic N) is 3. The van der Waals surface area contributed by atoms with E-state index < -0.39 is 11.8 Å². The van der Waals surface area contributed by atoms with Gasteiger partial charge in [-0.25, -0.2) is 9.82 Å². The fourth-order valence-electron chi connectivity index (χ4n) is 3.37. The summed E-state index contributed by atoms with van der Waals surface area (Å²) in [5.41, 5.74) is 5.28. The molecule has 1 heterocycles. The third-order valence-electron chi connectivity index (χ3n) is 5.37. The van der Waals surface area contributed by atoms with Crippen LogP contribution < -0.4 is 15.6 Å². The number of aryl methyl sites for hydroxylation is 1. The van der Waals surface area contributed by atoms with E-state index in [1.165, 1.54) is 6.07 Å². The average Bonchev–Trinajstić information content (AvgIpc) is 2.78. The number of rotatable bonds is 5. The molecule has 7 nitrogen and oxygen atoms in total. The van der Waals surface area contributed by atoms with Crippen LogP contribution in [-0.4, -0.2) is 55.1 Å². The third kappa shape index (κ3) is 5.88. The van der Waals surface area contributed by atoms with Crippen molar-refractivity contribution in [2.75, 3.05) is 42.9 Å². The molecule has 2 aromatic rings. The molecule has 2 N–H and O–H groups in total. The molecular formula is C23H28FN5O2.